The van der Waals surface area contributed by atoms with Crippen LogP contribution in [0.5, 0.6) is 11.6 Å². The summed E-state index contributed by atoms with van der Waals surface area (Å²) in [6, 6.07) is 15.2. The first-order chi connectivity index (χ1) is 17.6. The molecule has 36 heavy (non-hydrogen) atoms. The molecule has 6 rings (SSSR count). The number of halogens is 2. The van der Waals surface area contributed by atoms with Gasteiger partial charge in [-0.3, -0.25) is 9.36 Å². The molecule has 0 aliphatic rings. The van der Waals surface area contributed by atoms with Crippen LogP contribution in [0.25, 0.3) is 26.7 Å². The molecule has 0 spiro atoms. The van der Waals surface area contributed by atoms with Crippen LogP contribution in [0.2, 0.25) is 0 Å². The topological polar surface area (TPSA) is 81.9 Å². The van der Waals surface area contributed by atoms with Gasteiger partial charge in [-0.1, -0.05) is 0 Å². The molecule has 176 valence electrons. The summed E-state index contributed by atoms with van der Waals surface area (Å²) in [6.45, 7) is 0. The van der Waals surface area contributed by atoms with Gasteiger partial charge in [0, 0.05) is 29.8 Å². The van der Waals surface area contributed by atoms with Crippen molar-refractivity contribution in [3.63, 3.8) is 0 Å². The maximum absolute atomic E-state index is 15.0. The molecule has 2 aromatic carbocycles. The van der Waals surface area contributed by atoms with Gasteiger partial charge in [0.2, 0.25) is 5.88 Å². The summed E-state index contributed by atoms with van der Waals surface area (Å²) in [5, 5.41) is 5.85. The van der Waals surface area contributed by atoms with E-state index in [9.17, 15) is 13.6 Å². The minimum Gasteiger partial charge on any atom is -0.434 e. The molecule has 0 saturated carbocycles. The average molecular weight is 500 g/mol. The van der Waals surface area contributed by atoms with Crippen LogP contribution in [0.15, 0.2) is 89.6 Å². The molecule has 4 heterocycles. The van der Waals surface area contributed by atoms with Crippen molar-refractivity contribution in [2.24, 2.45) is 0 Å². The predicted octanol–water partition coefficient (Wildman–Crippen LogP) is 6.20. The number of nitrogens with one attached hydrogen (secondary N) is 1. The summed E-state index contributed by atoms with van der Waals surface area (Å²) in [5.74, 6) is -0.485. The average Bonchev–Trinajstić information content (AvgIpc) is 3.37. The number of anilines is 2. The lowest BCUT2D eigenvalue weighted by Gasteiger charge is -2.12. The van der Waals surface area contributed by atoms with Gasteiger partial charge in [-0.2, -0.15) is 0 Å². The number of ether oxygens (including phenoxy) is 1. The Hall–Kier alpha value is -4.70. The van der Waals surface area contributed by atoms with E-state index in [0.29, 0.717) is 22.1 Å². The van der Waals surface area contributed by atoms with E-state index < -0.39 is 11.6 Å². The van der Waals surface area contributed by atoms with E-state index in [0.717, 1.165) is 10.2 Å². The van der Waals surface area contributed by atoms with Crippen molar-refractivity contribution in [1.82, 2.24) is 19.5 Å². The largest absolute Gasteiger partial charge is 0.434 e. The van der Waals surface area contributed by atoms with Gasteiger partial charge in [0.1, 0.15) is 22.7 Å². The summed E-state index contributed by atoms with van der Waals surface area (Å²) in [6.07, 6.45) is 4.54. The number of aromatic nitrogens is 4. The fourth-order valence-electron chi connectivity index (χ4n) is 3.82. The Morgan fingerprint density at radius 1 is 0.944 bits per heavy atom. The Morgan fingerprint density at radius 2 is 1.81 bits per heavy atom. The van der Waals surface area contributed by atoms with Gasteiger partial charge in [0.05, 0.1) is 10.9 Å². The van der Waals surface area contributed by atoms with Crippen LogP contribution < -0.4 is 15.6 Å². The van der Waals surface area contributed by atoms with E-state index in [2.05, 4.69) is 20.3 Å². The van der Waals surface area contributed by atoms with Crippen LogP contribution in [0.3, 0.4) is 0 Å². The zero-order chi connectivity index (χ0) is 24.6. The van der Waals surface area contributed by atoms with E-state index in [-0.39, 0.29) is 23.0 Å². The molecule has 0 bridgehead atoms. The Kier molecular flexibility index (Phi) is 5.34. The molecule has 0 fully saturated rings. The second-order valence-electron chi connectivity index (χ2n) is 7.78. The van der Waals surface area contributed by atoms with Gasteiger partial charge < -0.3 is 10.1 Å². The molecule has 0 aliphatic heterocycles. The summed E-state index contributed by atoms with van der Waals surface area (Å²) in [7, 11) is 0. The Bertz CT molecular complexity index is 1800. The number of hydrogen-bond donors (Lipinski definition) is 1. The monoisotopic (exact) mass is 499 g/mol. The lowest BCUT2D eigenvalue weighted by Crippen LogP contribution is -2.19. The number of nitrogens with zero attached hydrogens (tertiary/aromatic N) is 4. The first-order valence-electron chi connectivity index (χ1n) is 10.8. The highest BCUT2D eigenvalue weighted by Crippen LogP contribution is 2.33. The Labute approximate surface area is 206 Å². The zero-order valence-electron chi connectivity index (χ0n) is 18.4. The van der Waals surface area contributed by atoms with Crippen LogP contribution in [0.4, 0.5) is 20.3 Å². The van der Waals surface area contributed by atoms with Crippen LogP contribution in [0.1, 0.15) is 0 Å². The maximum Gasteiger partial charge on any atom is 0.266 e. The molecule has 10 heteroatoms. The number of fused-ring (bicyclic) bond motifs is 2. The normalized spacial score (nSPS) is 11.2. The fraction of sp³-hybridized carbons (Fsp3) is 0. The van der Waals surface area contributed by atoms with Crippen molar-refractivity contribution in [3.05, 3.63) is 107 Å². The van der Waals surface area contributed by atoms with Gasteiger partial charge in [-0.25, -0.2) is 23.7 Å². The quantitative estimate of drug-likeness (QED) is 0.304. The first kappa shape index (κ1) is 21.8. The van der Waals surface area contributed by atoms with Crippen LogP contribution in [-0.2, 0) is 0 Å². The molecule has 6 aromatic rings. The second-order valence-corrected chi connectivity index (χ2v) is 8.69. The molecule has 0 atom stereocenters. The SMILES string of the molecule is O=c1c2c(Nc3ccc(Oc4ncnc5ccsc45)c(F)c3)nccc2ccn1-c1ccc(F)cc1. The van der Waals surface area contributed by atoms with Crippen molar-refractivity contribution in [2.45, 2.75) is 0 Å². The van der Waals surface area contributed by atoms with E-state index >= 15 is 0 Å². The van der Waals surface area contributed by atoms with Crippen molar-refractivity contribution in [3.8, 4) is 17.3 Å². The number of benzene rings is 2. The number of pyridine rings is 2. The molecular formula is C26H15F2N5O2S. The van der Waals surface area contributed by atoms with Gasteiger partial charge in [0.25, 0.3) is 5.56 Å². The van der Waals surface area contributed by atoms with E-state index in [1.165, 1.54) is 58.6 Å². The standard InChI is InChI=1S/C26H15F2N5O2S/c27-16-1-4-18(5-2-16)33-11-8-15-7-10-29-24(22(15)26(33)34)32-17-3-6-21(19(28)13-17)35-25-23-20(9-12-36-23)30-14-31-25/h1-14H,(H,29,32). The molecular weight excluding hydrogens is 484 g/mol. The van der Waals surface area contributed by atoms with Crippen molar-refractivity contribution in [1.29, 1.82) is 0 Å². The summed E-state index contributed by atoms with van der Waals surface area (Å²) < 4.78 is 36.1. The van der Waals surface area contributed by atoms with Crippen LogP contribution >= 0.6 is 11.3 Å². The first-order valence-corrected chi connectivity index (χ1v) is 11.6. The molecule has 1 N–H and O–H groups in total. The summed E-state index contributed by atoms with van der Waals surface area (Å²) in [4.78, 5) is 25.9. The van der Waals surface area contributed by atoms with Crippen molar-refractivity contribution >= 4 is 43.8 Å². The molecule has 0 amide bonds. The minimum atomic E-state index is -0.618. The van der Waals surface area contributed by atoms with Gasteiger partial charge in [-0.15, -0.1) is 11.3 Å². The number of thiophene rings is 1. The number of rotatable bonds is 5. The molecule has 0 saturated heterocycles. The van der Waals surface area contributed by atoms with Crippen molar-refractivity contribution in [2.75, 3.05) is 5.32 Å². The van der Waals surface area contributed by atoms with E-state index in [4.69, 9.17) is 4.74 Å². The second kappa shape index (κ2) is 8.82. The maximum atomic E-state index is 15.0. The van der Waals surface area contributed by atoms with E-state index in [1.54, 1.807) is 30.6 Å². The van der Waals surface area contributed by atoms with Gasteiger partial charge >= 0.3 is 0 Å². The third kappa shape index (κ3) is 3.93. The van der Waals surface area contributed by atoms with Gasteiger partial charge in [0.15, 0.2) is 11.6 Å². The summed E-state index contributed by atoms with van der Waals surface area (Å²) in [5.41, 5.74) is 1.26. The van der Waals surface area contributed by atoms with Gasteiger partial charge in [-0.05, 0) is 65.4 Å². The van der Waals surface area contributed by atoms with Crippen LogP contribution in [-0.4, -0.2) is 19.5 Å². The molecule has 0 unspecified atom stereocenters. The highest BCUT2D eigenvalue weighted by molar-refractivity contribution is 7.17. The lowest BCUT2D eigenvalue weighted by molar-refractivity contribution is 0.432. The Morgan fingerprint density at radius 3 is 2.64 bits per heavy atom. The van der Waals surface area contributed by atoms with Crippen molar-refractivity contribution < 1.29 is 13.5 Å². The molecule has 4 aromatic heterocycles. The zero-order valence-corrected chi connectivity index (χ0v) is 19.2. The predicted molar refractivity (Wildman–Crippen MR) is 134 cm³/mol. The molecule has 7 nitrogen and oxygen atoms in total. The fourth-order valence-corrected chi connectivity index (χ4v) is 4.59. The third-order valence-electron chi connectivity index (χ3n) is 5.54. The van der Waals surface area contributed by atoms with E-state index in [1.807, 2.05) is 11.4 Å². The minimum absolute atomic E-state index is 0.00139. The van der Waals surface area contributed by atoms with Crippen LogP contribution in [0, 0.1) is 11.6 Å². The highest BCUT2D eigenvalue weighted by Gasteiger charge is 2.14. The summed E-state index contributed by atoms with van der Waals surface area (Å²) >= 11 is 1.40. The lowest BCUT2D eigenvalue weighted by atomic mass is 10.2. The highest BCUT2D eigenvalue weighted by atomic mass is 32.1. The smallest absolute Gasteiger partial charge is 0.266 e. The Balaban J connectivity index is 1.34. The molecule has 0 radical (unpaired) electrons. The molecule has 0 aliphatic carbocycles. The number of hydrogen-bond acceptors (Lipinski definition) is 7. The third-order valence-corrected chi connectivity index (χ3v) is 6.43.